The van der Waals surface area contributed by atoms with Crippen molar-refractivity contribution in [3.8, 4) is 12.1 Å². The van der Waals surface area contributed by atoms with Gasteiger partial charge in [-0.15, -0.1) is 0 Å². The van der Waals surface area contributed by atoms with E-state index in [0.29, 0.717) is 32.8 Å². The van der Waals surface area contributed by atoms with Crippen LogP contribution in [0.25, 0.3) is 0 Å². The maximum atomic E-state index is 12.7. The summed E-state index contributed by atoms with van der Waals surface area (Å²) in [5.74, 6) is 0.0937. The molecule has 1 amide bonds. The van der Waals surface area contributed by atoms with Gasteiger partial charge in [0.1, 0.15) is 0 Å². The highest BCUT2D eigenvalue weighted by molar-refractivity contribution is 5.78. The quantitative estimate of drug-likeness (QED) is 0.733. The fraction of sp³-hybridized carbons (Fsp3) is 0.833. The highest BCUT2D eigenvalue weighted by atomic mass is 16.5. The summed E-state index contributed by atoms with van der Waals surface area (Å²) < 4.78 is 5.62. The number of carbonyl (C=O) groups is 1. The number of ether oxygens (including phenoxy) is 1. The minimum absolute atomic E-state index is 0.0531. The largest absolute Gasteiger partial charge is 0.393 e. The fourth-order valence-electron chi connectivity index (χ4n) is 3.84. The van der Waals surface area contributed by atoms with Gasteiger partial charge in [-0.3, -0.25) is 9.69 Å². The van der Waals surface area contributed by atoms with E-state index in [0.717, 1.165) is 25.7 Å². The van der Waals surface area contributed by atoms with Crippen molar-refractivity contribution in [3.63, 3.8) is 0 Å². The zero-order chi connectivity index (χ0) is 18.1. The summed E-state index contributed by atoms with van der Waals surface area (Å²) >= 11 is 0. The Labute approximate surface area is 149 Å². The first-order valence-electron chi connectivity index (χ1n) is 9.19. The van der Waals surface area contributed by atoms with E-state index in [1.807, 2.05) is 0 Å². The van der Waals surface area contributed by atoms with Gasteiger partial charge in [-0.2, -0.15) is 10.5 Å². The van der Waals surface area contributed by atoms with Gasteiger partial charge >= 0.3 is 0 Å². The van der Waals surface area contributed by atoms with Crippen molar-refractivity contribution in [3.05, 3.63) is 0 Å². The van der Waals surface area contributed by atoms with Gasteiger partial charge in [-0.1, -0.05) is 12.8 Å². The topological polar surface area (TPSA) is 101 Å². The molecule has 138 valence electrons. The molecule has 3 atom stereocenters. The lowest BCUT2D eigenvalue weighted by Gasteiger charge is -2.43. The minimum atomic E-state index is -0.327. The Morgan fingerprint density at radius 2 is 1.88 bits per heavy atom. The van der Waals surface area contributed by atoms with Crippen LogP contribution in [0.2, 0.25) is 0 Å². The zero-order valence-electron chi connectivity index (χ0n) is 14.8. The van der Waals surface area contributed by atoms with Crippen LogP contribution in [0, 0.1) is 28.6 Å². The number of aliphatic hydroxyl groups excluding tert-OH is 1. The van der Waals surface area contributed by atoms with Gasteiger partial charge in [-0.05, 0) is 12.8 Å². The predicted molar refractivity (Wildman–Crippen MR) is 91.2 cm³/mol. The molecule has 7 nitrogen and oxygen atoms in total. The van der Waals surface area contributed by atoms with E-state index < -0.39 is 0 Å². The van der Waals surface area contributed by atoms with Gasteiger partial charge in [0.15, 0.2) is 0 Å². The van der Waals surface area contributed by atoms with Crippen molar-refractivity contribution < 1.29 is 14.6 Å². The molecule has 0 bridgehead atoms. The second kappa shape index (κ2) is 10.4. The first kappa shape index (κ1) is 19.7. The number of amides is 1. The molecule has 1 saturated heterocycles. The van der Waals surface area contributed by atoms with Crippen LogP contribution in [0.15, 0.2) is 0 Å². The summed E-state index contributed by atoms with van der Waals surface area (Å²) in [6.45, 7) is 2.78. The molecular formula is C18H28N4O3. The van der Waals surface area contributed by atoms with E-state index in [-0.39, 0.29) is 43.4 Å². The molecule has 25 heavy (non-hydrogen) atoms. The number of aliphatic hydroxyl groups is 1. The van der Waals surface area contributed by atoms with Crippen molar-refractivity contribution in [2.24, 2.45) is 5.92 Å². The highest BCUT2D eigenvalue weighted by Crippen LogP contribution is 2.31. The zero-order valence-corrected chi connectivity index (χ0v) is 14.8. The Kier molecular flexibility index (Phi) is 8.14. The van der Waals surface area contributed by atoms with Crippen LogP contribution in [0.3, 0.4) is 0 Å². The summed E-state index contributed by atoms with van der Waals surface area (Å²) in [6, 6.07) is 4.17. The Balaban J connectivity index is 1.99. The van der Waals surface area contributed by atoms with Crippen molar-refractivity contribution in [2.45, 2.75) is 50.7 Å². The number of nitriles is 2. The van der Waals surface area contributed by atoms with Crippen molar-refractivity contribution in [1.82, 2.24) is 9.80 Å². The van der Waals surface area contributed by atoms with E-state index in [1.54, 1.807) is 4.90 Å². The molecule has 1 saturated carbocycles. The molecule has 1 aliphatic carbocycles. The maximum Gasteiger partial charge on any atom is 0.236 e. The molecule has 0 aromatic carbocycles. The van der Waals surface area contributed by atoms with E-state index in [1.165, 1.54) is 0 Å². The van der Waals surface area contributed by atoms with E-state index in [4.69, 9.17) is 15.3 Å². The lowest BCUT2D eigenvalue weighted by atomic mass is 9.80. The van der Waals surface area contributed by atoms with Crippen molar-refractivity contribution in [2.75, 3.05) is 39.4 Å². The first-order valence-corrected chi connectivity index (χ1v) is 9.19. The van der Waals surface area contributed by atoms with E-state index >= 15 is 0 Å². The number of nitrogens with zero attached hydrogens (tertiary/aromatic N) is 4. The van der Waals surface area contributed by atoms with Crippen molar-refractivity contribution >= 4 is 5.91 Å². The summed E-state index contributed by atoms with van der Waals surface area (Å²) in [7, 11) is 0. The number of rotatable bonds is 7. The first-order chi connectivity index (χ1) is 12.2. The van der Waals surface area contributed by atoms with Gasteiger partial charge in [0.25, 0.3) is 0 Å². The normalized spacial score (nSPS) is 27.2. The predicted octanol–water partition coefficient (Wildman–Crippen LogP) is 0.894. The third-order valence-corrected chi connectivity index (χ3v) is 5.23. The van der Waals surface area contributed by atoms with Crippen LogP contribution < -0.4 is 0 Å². The molecule has 7 heteroatoms. The number of hydrogen-bond donors (Lipinski definition) is 1. The molecular weight excluding hydrogens is 320 g/mol. The number of carbonyl (C=O) groups excluding carboxylic acids is 1. The SMILES string of the molecule is N#CCCN(CCC#N)C(=O)CN1CCOC[C@@H]1[C@@H]1CCCC[C@H]1O. The maximum absolute atomic E-state index is 12.7. The van der Waals surface area contributed by atoms with Gasteiger partial charge in [0.2, 0.25) is 5.91 Å². The molecule has 1 heterocycles. The third-order valence-electron chi connectivity index (χ3n) is 5.23. The Hall–Kier alpha value is -1.67. The summed E-state index contributed by atoms with van der Waals surface area (Å²) in [6.07, 6.45) is 4.16. The van der Waals surface area contributed by atoms with Crippen LogP contribution in [0.1, 0.15) is 38.5 Å². The van der Waals surface area contributed by atoms with Crippen LogP contribution in [0.4, 0.5) is 0 Å². The molecule has 0 spiro atoms. The Morgan fingerprint density at radius 3 is 2.52 bits per heavy atom. The summed E-state index contributed by atoms with van der Waals surface area (Å²) in [4.78, 5) is 16.4. The molecule has 0 aromatic heterocycles. The molecule has 0 unspecified atom stereocenters. The van der Waals surface area contributed by atoms with Crippen LogP contribution in [0.5, 0.6) is 0 Å². The molecule has 2 fully saturated rings. The smallest absolute Gasteiger partial charge is 0.236 e. The van der Waals surface area contributed by atoms with E-state index in [9.17, 15) is 9.90 Å². The monoisotopic (exact) mass is 348 g/mol. The second-order valence-electron chi connectivity index (χ2n) is 6.83. The standard InChI is InChI=1S/C18H28N4O3/c19-7-3-9-21(10-4-8-20)18(24)13-22-11-12-25-14-16(22)15-5-1-2-6-17(15)23/h15-17,23H,1-6,9-14H2/t15-,16+,17+/m0/s1. The van der Waals surface area contributed by atoms with Crippen molar-refractivity contribution in [1.29, 1.82) is 10.5 Å². The van der Waals surface area contributed by atoms with Crippen LogP contribution >= 0.6 is 0 Å². The lowest BCUT2D eigenvalue weighted by molar-refractivity contribution is -0.137. The Bertz CT molecular complexity index is 495. The number of hydrogen-bond acceptors (Lipinski definition) is 6. The van der Waals surface area contributed by atoms with Crippen LogP contribution in [-0.4, -0.2) is 72.4 Å². The highest BCUT2D eigenvalue weighted by Gasteiger charge is 2.37. The van der Waals surface area contributed by atoms with Crippen LogP contribution in [-0.2, 0) is 9.53 Å². The molecule has 1 aliphatic heterocycles. The third kappa shape index (κ3) is 5.67. The lowest BCUT2D eigenvalue weighted by Crippen LogP contribution is -2.55. The molecule has 2 rings (SSSR count). The number of morpholine rings is 1. The Morgan fingerprint density at radius 1 is 1.20 bits per heavy atom. The van der Waals surface area contributed by atoms with Gasteiger partial charge in [-0.25, -0.2) is 0 Å². The minimum Gasteiger partial charge on any atom is -0.393 e. The fourth-order valence-corrected chi connectivity index (χ4v) is 3.84. The average molecular weight is 348 g/mol. The average Bonchev–Trinajstić information content (AvgIpc) is 2.63. The summed E-state index contributed by atoms with van der Waals surface area (Å²) in [5.41, 5.74) is 0. The molecule has 0 radical (unpaired) electrons. The van der Waals surface area contributed by atoms with Gasteiger partial charge < -0.3 is 14.7 Å². The molecule has 0 aromatic rings. The second-order valence-corrected chi connectivity index (χ2v) is 6.83. The van der Waals surface area contributed by atoms with Gasteiger partial charge in [0.05, 0.1) is 50.8 Å². The summed E-state index contributed by atoms with van der Waals surface area (Å²) in [5, 5.41) is 27.9. The van der Waals surface area contributed by atoms with E-state index in [2.05, 4.69) is 17.0 Å². The molecule has 2 aliphatic rings. The molecule has 1 N–H and O–H groups in total. The van der Waals surface area contributed by atoms with Gasteiger partial charge in [0, 0.05) is 31.6 Å².